The molecule has 0 fully saturated rings. The molecule has 0 saturated carbocycles. The molecule has 0 aliphatic carbocycles. The fourth-order valence-corrected chi connectivity index (χ4v) is 2.15. The second kappa shape index (κ2) is 7.14. The van der Waals surface area contributed by atoms with Gasteiger partial charge in [-0.3, -0.25) is 9.59 Å². The van der Waals surface area contributed by atoms with Crippen LogP contribution in [-0.4, -0.2) is 43.9 Å². The average Bonchev–Trinajstić information content (AvgIpc) is 2.90. The molecule has 0 spiro atoms. The van der Waals surface area contributed by atoms with E-state index in [1.54, 1.807) is 19.0 Å². The standard InChI is InChI=1S/C14H19N3O2.ClH/c1-15-13(18)6-8-17(2)14(19)11-3-4-12-10(9-11)5-7-16-12;/h3-4,9,16H,5-8H2,1-2H3,(H,15,18);1H. The SMILES string of the molecule is CNC(=O)CCN(C)C(=O)c1ccc2c(c1)CCN2.Cl. The van der Waals surface area contributed by atoms with E-state index >= 15 is 0 Å². The number of carbonyl (C=O) groups excluding carboxylic acids is 2. The molecule has 2 amide bonds. The Kier molecular flexibility index (Phi) is 5.82. The van der Waals surface area contributed by atoms with Gasteiger partial charge in [0.2, 0.25) is 5.91 Å². The van der Waals surface area contributed by atoms with E-state index in [-0.39, 0.29) is 24.2 Å². The molecule has 1 aliphatic heterocycles. The summed E-state index contributed by atoms with van der Waals surface area (Å²) in [4.78, 5) is 25.0. The van der Waals surface area contributed by atoms with Crippen molar-refractivity contribution in [3.05, 3.63) is 29.3 Å². The maximum atomic E-state index is 12.2. The van der Waals surface area contributed by atoms with E-state index in [1.165, 1.54) is 5.56 Å². The Bertz CT molecular complexity index is 505. The summed E-state index contributed by atoms with van der Waals surface area (Å²) in [5.74, 6) is -0.101. The van der Waals surface area contributed by atoms with Crippen molar-refractivity contribution < 1.29 is 9.59 Å². The second-order valence-electron chi connectivity index (χ2n) is 4.70. The van der Waals surface area contributed by atoms with Crippen molar-refractivity contribution >= 4 is 29.9 Å². The van der Waals surface area contributed by atoms with Crippen molar-refractivity contribution in [3.63, 3.8) is 0 Å². The minimum atomic E-state index is -0.0576. The van der Waals surface area contributed by atoms with Crippen LogP contribution in [0.25, 0.3) is 0 Å². The van der Waals surface area contributed by atoms with Crippen LogP contribution < -0.4 is 10.6 Å². The maximum absolute atomic E-state index is 12.2. The monoisotopic (exact) mass is 297 g/mol. The zero-order chi connectivity index (χ0) is 13.8. The first-order valence-corrected chi connectivity index (χ1v) is 6.44. The molecule has 2 rings (SSSR count). The van der Waals surface area contributed by atoms with Crippen LogP contribution in [0.2, 0.25) is 0 Å². The van der Waals surface area contributed by atoms with E-state index in [4.69, 9.17) is 0 Å². The minimum absolute atomic E-state index is 0. The Morgan fingerprint density at radius 2 is 2.15 bits per heavy atom. The molecule has 1 aliphatic rings. The van der Waals surface area contributed by atoms with E-state index in [0.29, 0.717) is 18.5 Å². The Morgan fingerprint density at radius 3 is 2.85 bits per heavy atom. The predicted molar refractivity (Wildman–Crippen MR) is 81.5 cm³/mol. The third-order valence-corrected chi connectivity index (χ3v) is 3.36. The molecule has 5 nitrogen and oxygen atoms in total. The number of carbonyl (C=O) groups is 2. The molecule has 0 unspecified atom stereocenters. The highest BCUT2D eigenvalue weighted by Gasteiger charge is 2.16. The summed E-state index contributed by atoms with van der Waals surface area (Å²) in [6, 6.07) is 5.71. The summed E-state index contributed by atoms with van der Waals surface area (Å²) in [5, 5.41) is 5.81. The Balaban J connectivity index is 0.00000200. The van der Waals surface area contributed by atoms with Gasteiger partial charge in [0.15, 0.2) is 0 Å². The number of amides is 2. The molecule has 0 saturated heterocycles. The first-order chi connectivity index (χ1) is 9.11. The van der Waals surface area contributed by atoms with Crippen LogP contribution in [-0.2, 0) is 11.2 Å². The van der Waals surface area contributed by atoms with Crippen molar-refractivity contribution in [2.24, 2.45) is 0 Å². The minimum Gasteiger partial charge on any atom is -0.384 e. The third kappa shape index (κ3) is 3.63. The van der Waals surface area contributed by atoms with Crippen LogP contribution >= 0.6 is 12.4 Å². The number of anilines is 1. The molecule has 0 bridgehead atoms. The molecule has 6 heteroatoms. The first kappa shape index (κ1) is 16.3. The van der Waals surface area contributed by atoms with Crippen molar-refractivity contribution in [1.29, 1.82) is 0 Å². The van der Waals surface area contributed by atoms with Gasteiger partial charge in [-0.1, -0.05) is 0 Å². The summed E-state index contributed by atoms with van der Waals surface area (Å²) in [5.41, 5.74) is 2.98. The van der Waals surface area contributed by atoms with Crippen LogP contribution in [0.5, 0.6) is 0 Å². The normalized spacial score (nSPS) is 11.9. The molecule has 2 N–H and O–H groups in total. The van der Waals surface area contributed by atoms with Crippen molar-refractivity contribution in [2.45, 2.75) is 12.8 Å². The van der Waals surface area contributed by atoms with E-state index in [0.717, 1.165) is 18.7 Å². The molecule has 1 aromatic rings. The summed E-state index contributed by atoms with van der Waals surface area (Å²) >= 11 is 0. The van der Waals surface area contributed by atoms with Crippen LogP contribution in [0.3, 0.4) is 0 Å². The second-order valence-corrected chi connectivity index (χ2v) is 4.70. The molecule has 20 heavy (non-hydrogen) atoms. The van der Waals surface area contributed by atoms with Crippen LogP contribution in [0.1, 0.15) is 22.3 Å². The first-order valence-electron chi connectivity index (χ1n) is 6.44. The molecule has 1 heterocycles. The Labute approximate surface area is 125 Å². The lowest BCUT2D eigenvalue weighted by molar-refractivity contribution is -0.120. The number of halogens is 1. The van der Waals surface area contributed by atoms with Crippen LogP contribution in [0, 0.1) is 0 Å². The number of benzene rings is 1. The van der Waals surface area contributed by atoms with Crippen LogP contribution in [0.4, 0.5) is 5.69 Å². The summed E-state index contributed by atoms with van der Waals surface area (Å²) < 4.78 is 0. The highest BCUT2D eigenvalue weighted by Crippen LogP contribution is 2.23. The largest absolute Gasteiger partial charge is 0.384 e. The summed E-state index contributed by atoms with van der Waals surface area (Å²) in [6.45, 7) is 1.35. The molecule has 0 radical (unpaired) electrons. The van der Waals surface area contributed by atoms with Gasteiger partial charge >= 0.3 is 0 Å². The predicted octanol–water partition coefficient (Wildman–Crippen LogP) is 1.28. The summed E-state index contributed by atoms with van der Waals surface area (Å²) in [6.07, 6.45) is 1.28. The van der Waals surface area contributed by atoms with Gasteiger partial charge < -0.3 is 15.5 Å². The molecule has 0 aromatic heterocycles. The number of nitrogens with zero attached hydrogens (tertiary/aromatic N) is 1. The fraction of sp³-hybridized carbons (Fsp3) is 0.429. The van der Waals surface area contributed by atoms with Crippen molar-refractivity contribution in [3.8, 4) is 0 Å². The molecular formula is C14H20ClN3O2. The number of hydrogen-bond acceptors (Lipinski definition) is 3. The highest BCUT2D eigenvalue weighted by atomic mass is 35.5. The van der Waals surface area contributed by atoms with Gasteiger partial charge in [0, 0.05) is 44.9 Å². The van der Waals surface area contributed by atoms with Crippen molar-refractivity contribution in [2.75, 3.05) is 32.5 Å². The average molecular weight is 298 g/mol. The number of nitrogens with one attached hydrogen (secondary N) is 2. The molecular weight excluding hydrogens is 278 g/mol. The van der Waals surface area contributed by atoms with Gasteiger partial charge in [-0.2, -0.15) is 0 Å². The van der Waals surface area contributed by atoms with E-state index in [2.05, 4.69) is 10.6 Å². The van der Waals surface area contributed by atoms with E-state index < -0.39 is 0 Å². The lowest BCUT2D eigenvalue weighted by atomic mass is 10.1. The zero-order valence-electron chi connectivity index (χ0n) is 11.7. The topological polar surface area (TPSA) is 61.4 Å². The Hall–Kier alpha value is -1.75. The van der Waals surface area contributed by atoms with Gasteiger partial charge in [0.1, 0.15) is 0 Å². The fourth-order valence-electron chi connectivity index (χ4n) is 2.15. The highest BCUT2D eigenvalue weighted by molar-refractivity contribution is 5.95. The lowest BCUT2D eigenvalue weighted by Gasteiger charge is -2.17. The zero-order valence-corrected chi connectivity index (χ0v) is 12.5. The van der Waals surface area contributed by atoms with E-state index in [1.807, 2.05) is 18.2 Å². The van der Waals surface area contributed by atoms with Gasteiger partial charge in [-0.15, -0.1) is 12.4 Å². The smallest absolute Gasteiger partial charge is 0.253 e. The molecule has 1 aromatic carbocycles. The third-order valence-electron chi connectivity index (χ3n) is 3.36. The quantitative estimate of drug-likeness (QED) is 0.880. The van der Waals surface area contributed by atoms with E-state index in [9.17, 15) is 9.59 Å². The molecule has 110 valence electrons. The van der Waals surface area contributed by atoms with Gasteiger partial charge in [0.25, 0.3) is 5.91 Å². The Morgan fingerprint density at radius 1 is 1.40 bits per heavy atom. The van der Waals surface area contributed by atoms with Crippen LogP contribution in [0.15, 0.2) is 18.2 Å². The van der Waals surface area contributed by atoms with Crippen molar-refractivity contribution in [1.82, 2.24) is 10.2 Å². The lowest BCUT2D eigenvalue weighted by Crippen LogP contribution is -2.31. The summed E-state index contributed by atoms with van der Waals surface area (Å²) in [7, 11) is 3.31. The maximum Gasteiger partial charge on any atom is 0.253 e. The number of fused-ring (bicyclic) bond motifs is 1. The number of hydrogen-bond donors (Lipinski definition) is 2. The number of rotatable bonds is 4. The van der Waals surface area contributed by atoms with Gasteiger partial charge in [0.05, 0.1) is 0 Å². The van der Waals surface area contributed by atoms with Gasteiger partial charge in [-0.25, -0.2) is 0 Å². The molecule has 0 atom stereocenters. The van der Waals surface area contributed by atoms with Gasteiger partial charge in [-0.05, 0) is 30.2 Å².